The summed E-state index contributed by atoms with van der Waals surface area (Å²) in [6.45, 7) is 9.66. The Balaban J connectivity index is 2.19. The number of aromatic hydroxyl groups is 1. The van der Waals surface area contributed by atoms with Crippen LogP contribution in [0.25, 0.3) is 0 Å². The molecule has 0 fully saturated rings. The second-order valence-electron chi connectivity index (χ2n) is 8.94. The average Bonchev–Trinajstić information content (AvgIpc) is 2.83. The number of ether oxygens (including phenoxy) is 3. The van der Waals surface area contributed by atoms with Crippen molar-refractivity contribution in [3.63, 3.8) is 0 Å². The van der Waals surface area contributed by atoms with E-state index in [2.05, 4.69) is 18.8 Å². The molecule has 1 aromatic heterocycles. The van der Waals surface area contributed by atoms with Crippen LogP contribution in [0.4, 0.5) is 0 Å². The summed E-state index contributed by atoms with van der Waals surface area (Å²) < 4.78 is 17.2. The molecule has 7 nitrogen and oxygen atoms in total. The molecule has 0 aliphatic carbocycles. The number of pyridine rings is 1. The lowest BCUT2D eigenvalue weighted by atomic mass is 9.89. The molecule has 0 aliphatic heterocycles. The fourth-order valence-electron chi connectivity index (χ4n) is 4.03. The van der Waals surface area contributed by atoms with Crippen LogP contribution in [-0.4, -0.2) is 41.2 Å². The fraction of sp³-hybridized carbons (Fsp3) is 0.519. The van der Waals surface area contributed by atoms with Crippen molar-refractivity contribution in [2.45, 2.75) is 66.1 Å². The number of nitrogens with zero attached hydrogens (tertiary/aromatic N) is 1. The first-order chi connectivity index (χ1) is 16.6. The van der Waals surface area contributed by atoms with Gasteiger partial charge in [0.25, 0.3) is 0 Å². The minimum absolute atomic E-state index is 0.128. The van der Waals surface area contributed by atoms with Crippen molar-refractivity contribution in [3.05, 3.63) is 47.2 Å². The molecule has 192 valence electrons. The lowest BCUT2D eigenvalue weighted by Crippen LogP contribution is -2.41. The third-order valence-corrected chi connectivity index (χ3v) is 6.50. The molecule has 1 N–H and O–H groups in total. The van der Waals surface area contributed by atoms with Gasteiger partial charge in [-0.3, -0.25) is 9.59 Å². The topological polar surface area (TPSA) is 95.0 Å². The number of esters is 1. The van der Waals surface area contributed by atoms with E-state index in [9.17, 15) is 14.7 Å². The van der Waals surface area contributed by atoms with Crippen molar-refractivity contribution in [2.75, 3.05) is 7.11 Å². The highest BCUT2D eigenvalue weighted by molar-refractivity contribution is 6.30. The number of ketones is 1. The van der Waals surface area contributed by atoms with Crippen LogP contribution in [-0.2, 0) is 9.53 Å². The molecule has 8 heteroatoms. The Morgan fingerprint density at radius 1 is 1.06 bits per heavy atom. The number of aromatic nitrogens is 1. The first-order valence-electron chi connectivity index (χ1n) is 12.0. The molecule has 0 amide bonds. The van der Waals surface area contributed by atoms with E-state index in [-0.39, 0.29) is 41.6 Å². The highest BCUT2D eigenvalue weighted by atomic mass is 35.5. The summed E-state index contributed by atoms with van der Waals surface area (Å²) in [5.41, 5.74) is -0.128. The summed E-state index contributed by atoms with van der Waals surface area (Å²) >= 11 is 5.99. The van der Waals surface area contributed by atoms with Crippen LogP contribution in [0.3, 0.4) is 0 Å². The van der Waals surface area contributed by atoms with Crippen molar-refractivity contribution < 1.29 is 28.9 Å². The third-order valence-electron chi connectivity index (χ3n) is 6.25. The number of carbonyl (C=O) groups excluding carboxylic acids is 2. The van der Waals surface area contributed by atoms with Gasteiger partial charge in [0.1, 0.15) is 18.0 Å². The highest BCUT2D eigenvalue weighted by Crippen LogP contribution is 2.31. The minimum Gasteiger partial charge on any atom is -0.503 e. The molecule has 2 rings (SSSR count). The first-order valence-corrected chi connectivity index (χ1v) is 12.4. The molecule has 0 saturated carbocycles. The van der Waals surface area contributed by atoms with Gasteiger partial charge in [-0.2, -0.15) is 0 Å². The van der Waals surface area contributed by atoms with Crippen molar-refractivity contribution >= 4 is 23.4 Å². The van der Waals surface area contributed by atoms with Crippen LogP contribution in [0.5, 0.6) is 17.2 Å². The van der Waals surface area contributed by atoms with Gasteiger partial charge in [0, 0.05) is 23.7 Å². The summed E-state index contributed by atoms with van der Waals surface area (Å²) in [6.07, 6.45) is 2.01. The normalized spacial score (nSPS) is 13.9. The van der Waals surface area contributed by atoms with E-state index >= 15 is 0 Å². The van der Waals surface area contributed by atoms with Crippen LogP contribution in [0.15, 0.2) is 36.5 Å². The van der Waals surface area contributed by atoms with Gasteiger partial charge in [-0.25, -0.2) is 4.98 Å². The Bertz CT molecular complexity index is 974. The smallest absolute Gasteiger partial charge is 0.310 e. The quantitative estimate of drug-likeness (QED) is 0.259. The van der Waals surface area contributed by atoms with Crippen molar-refractivity contribution in [3.8, 4) is 17.2 Å². The van der Waals surface area contributed by atoms with E-state index in [1.165, 1.54) is 19.4 Å². The molecule has 2 aromatic rings. The number of hydrogen-bond acceptors (Lipinski definition) is 7. The van der Waals surface area contributed by atoms with E-state index in [0.29, 0.717) is 10.8 Å². The van der Waals surface area contributed by atoms with Gasteiger partial charge in [-0.1, -0.05) is 39.3 Å². The molecular weight excluding hydrogens is 470 g/mol. The van der Waals surface area contributed by atoms with Crippen LogP contribution >= 0.6 is 11.6 Å². The number of carbonyl (C=O) groups is 2. The number of benzene rings is 1. The SMILES string of the molecule is CCC(CC)[C@@H](Oc1ccc(Cl)cc1)[C@H](C)OC(=O)[C@@H](CC(=O)c1nccc(OC)c1O)C(C)C. The maximum absolute atomic E-state index is 13.2. The minimum atomic E-state index is -0.713. The molecule has 0 radical (unpaired) electrons. The molecule has 35 heavy (non-hydrogen) atoms. The zero-order valence-corrected chi connectivity index (χ0v) is 22.0. The lowest BCUT2D eigenvalue weighted by molar-refractivity contribution is -0.161. The van der Waals surface area contributed by atoms with Crippen molar-refractivity contribution in [1.82, 2.24) is 4.98 Å². The Labute approximate surface area is 212 Å². The summed E-state index contributed by atoms with van der Waals surface area (Å²) in [4.78, 5) is 30.1. The van der Waals surface area contributed by atoms with Gasteiger partial charge in [0.15, 0.2) is 23.0 Å². The summed E-state index contributed by atoms with van der Waals surface area (Å²) in [5.74, 6) is -1.22. The van der Waals surface area contributed by atoms with Gasteiger partial charge < -0.3 is 19.3 Å². The van der Waals surface area contributed by atoms with E-state index in [4.69, 9.17) is 25.8 Å². The Morgan fingerprint density at radius 2 is 1.69 bits per heavy atom. The van der Waals surface area contributed by atoms with Crippen LogP contribution in [0, 0.1) is 17.8 Å². The molecule has 0 spiro atoms. The van der Waals surface area contributed by atoms with Crippen LogP contribution in [0.2, 0.25) is 5.02 Å². The van der Waals surface area contributed by atoms with Crippen LogP contribution < -0.4 is 9.47 Å². The average molecular weight is 506 g/mol. The van der Waals surface area contributed by atoms with E-state index in [0.717, 1.165) is 12.8 Å². The monoisotopic (exact) mass is 505 g/mol. The Morgan fingerprint density at radius 3 is 2.23 bits per heavy atom. The predicted octanol–water partition coefficient (Wildman–Crippen LogP) is 6.11. The number of halogens is 1. The van der Waals surface area contributed by atoms with Gasteiger partial charge >= 0.3 is 5.97 Å². The zero-order chi connectivity index (χ0) is 26.1. The largest absolute Gasteiger partial charge is 0.503 e. The molecule has 3 atom stereocenters. The lowest BCUT2D eigenvalue weighted by Gasteiger charge is -2.32. The molecule has 0 aliphatic rings. The second kappa shape index (κ2) is 13.3. The Kier molecular flexibility index (Phi) is 10.8. The van der Waals surface area contributed by atoms with Crippen LogP contribution in [0.1, 0.15) is 64.4 Å². The van der Waals surface area contributed by atoms with Gasteiger partial charge in [-0.15, -0.1) is 0 Å². The maximum Gasteiger partial charge on any atom is 0.310 e. The Hall–Kier alpha value is -2.80. The number of hydrogen-bond donors (Lipinski definition) is 1. The van der Waals surface area contributed by atoms with Gasteiger partial charge in [0.05, 0.1) is 13.0 Å². The summed E-state index contributed by atoms with van der Waals surface area (Å²) in [6, 6.07) is 8.53. The molecule has 1 aromatic carbocycles. The number of methoxy groups -OCH3 is 1. The molecular formula is C27H36ClNO6. The third kappa shape index (κ3) is 7.59. The van der Waals surface area contributed by atoms with Crippen molar-refractivity contribution in [2.24, 2.45) is 17.8 Å². The maximum atomic E-state index is 13.2. The van der Waals surface area contributed by atoms with E-state index < -0.39 is 23.8 Å². The molecule has 1 heterocycles. The number of Topliss-reactive ketones (excluding diaryl/α,β-unsaturated/α-hetero) is 1. The summed E-state index contributed by atoms with van der Waals surface area (Å²) in [7, 11) is 1.39. The van der Waals surface area contributed by atoms with E-state index in [1.807, 2.05) is 20.8 Å². The standard InChI is InChI=1S/C27H36ClNO6/c1-7-18(8-2)26(35-20-11-9-19(28)10-12-20)17(5)34-27(32)21(16(3)4)15-22(30)24-25(31)23(33-6)13-14-29-24/h9-14,16-18,21,26,31H,7-8,15H2,1-6H3/t17-,21-,26-/m0/s1. The highest BCUT2D eigenvalue weighted by Gasteiger charge is 2.34. The first kappa shape index (κ1) is 28.4. The predicted molar refractivity (Wildman–Crippen MR) is 135 cm³/mol. The second-order valence-corrected chi connectivity index (χ2v) is 9.38. The van der Waals surface area contributed by atoms with Gasteiger partial charge in [0.2, 0.25) is 0 Å². The summed E-state index contributed by atoms with van der Waals surface area (Å²) in [5, 5.41) is 10.9. The van der Waals surface area contributed by atoms with E-state index in [1.54, 1.807) is 24.3 Å². The van der Waals surface area contributed by atoms with Crippen molar-refractivity contribution in [1.29, 1.82) is 0 Å². The number of rotatable bonds is 13. The van der Waals surface area contributed by atoms with Gasteiger partial charge in [-0.05, 0) is 55.9 Å². The molecule has 0 saturated heterocycles. The zero-order valence-electron chi connectivity index (χ0n) is 21.3. The fourth-order valence-corrected chi connectivity index (χ4v) is 4.16. The molecule has 0 unspecified atom stereocenters. The molecule has 0 bridgehead atoms.